The Morgan fingerprint density at radius 3 is 2.55 bits per heavy atom. The predicted octanol–water partition coefficient (Wildman–Crippen LogP) is 3.81. The Morgan fingerprint density at radius 2 is 1.87 bits per heavy atom. The molecule has 0 spiro atoms. The number of rotatable bonds is 7. The Kier molecular flexibility index (Phi) is 8.96. The average molecular weight is 537 g/mol. The number of hydrogen-bond acceptors (Lipinski definition) is 6. The molecular formula is C28H36N6O3S. The van der Waals surface area contributed by atoms with Gasteiger partial charge in [0.05, 0.1) is 18.9 Å². The Bertz CT molecular complexity index is 1320. The van der Waals surface area contributed by atoms with Crippen LogP contribution in [-0.4, -0.2) is 61.4 Å². The number of thiazole rings is 1. The topological polar surface area (TPSA) is 101 Å². The number of hydrogen-bond donors (Lipinski definition) is 2. The predicted molar refractivity (Wildman–Crippen MR) is 151 cm³/mol. The minimum Gasteiger partial charge on any atom is -0.378 e. The highest BCUT2D eigenvalue weighted by Crippen LogP contribution is 2.27. The van der Waals surface area contributed by atoms with E-state index in [0.717, 1.165) is 30.0 Å². The van der Waals surface area contributed by atoms with Crippen LogP contribution >= 0.6 is 11.3 Å². The van der Waals surface area contributed by atoms with Crippen LogP contribution < -0.4 is 20.3 Å². The molecule has 202 valence electrons. The molecule has 10 heteroatoms. The van der Waals surface area contributed by atoms with Crippen LogP contribution in [0.5, 0.6) is 0 Å². The Hall–Kier alpha value is -3.50. The van der Waals surface area contributed by atoms with E-state index in [1.807, 2.05) is 16.0 Å². The van der Waals surface area contributed by atoms with E-state index in [2.05, 4.69) is 70.5 Å². The van der Waals surface area contributed by atoms with Gasteiger partial charge in [-0.25, -0.2) is 4.79 Å². The van der Waals surface area contributed by atoms with Crippen LogP contribution in [0.3, 0.4) is 0 Å². The molecule has 0 unspecified atom stereocenters. The van der Waals surface area contributed by atoms with Crippen LogP contribution in [-0.2, 0) is 16.7 Å². The molecule has 1 aliphatic heterocycles. The van der Waals surface area contributed by atoms with Crippen molar-refractivity contribution < 1.29 is 14.3 Å². The third-order valence-corrected chi connectivity index (χ3v) is 7.32. The van der Waals surface area contributed by atoms with E-state index in [1.165, 1.54) is 16.9 Å². The third-order valence-electron chi connectivity index (χ3n) is 6.45. The molecule has 0 radical (unpaired) electrons. The highest BCUT2D eigenvalue weighted by atomic mass is 32.1. The van der Waals surface area contributed by atoms with Gasteiger partial charge in [0, 0.05) is 50.5 Å². The number of nitrogens with zero attached hydrogens (tertiary/aromatic N) is 4. The summed E-state index contributed by atoms with van der Waals surface area (Å²) < 4.78 is 7.49. The van der Waals surface area contributed by atoms with E-state index in [-0.39, 0.29) is 17.4 Å². The molecule has 3 aromatic rings. The summed E-state index contributed by atoms with van der Waals surface area (Å²) in [6, 6.07) is 12.0. The lowest BCUT2D eigenvalue weighted by atomic mass is 9.86. The number of pyridine rings is 1. The van der Waals surface area contributed by atoms with Gasteiger partial charge in [-0.2, -0.15) is 4.99 Å². The van der Waals surface area contributed by atoms with Crippen LogP contribution in [0.1, 0.15) is 43.2 Å². The summed E-state index contributed by atoms with van der Waals surface area (Å²) in [5.74, 6) is -0.381. The van der Waals surface area contributed by atoms with Gasteiger partial charge < -0.3 is 24.8 Å². The normalized spacial score (nSPS) is 14.4. The number of anilines is 1. The number of aromatic nitrogens is 2. The summed E-state index contributed by atoms with van der Waals surface area (Å²) >= 11 is 1.43. The zero-order chi connectivity index (χ0) is 27.1. The van der Waals surface area contributed by atoms with Crippen LogP contribution in [0.2, 0.25) is 0 Å². The first-order chi connectivity index (χ1) is 18.3. The molecule has 1 fully saturated rings. The van der Waals surface area contributed by atoms with E-state index in [9.17, 15) is 9.59 Å². The molecule has 0 saturated carbocycles. The van der Waals surface area contributed by atoms with Gasteiger partial charge in [-0.15, -0.1) is 11.3 Å². The van der Waals surface area contributed by atoms with Crippen molar-refractivity contribution in [3.8, 4) is 11.3 Å². The lowest BCUT2D eigenvalue weighted by Crippen LogP contribution is -2.36. The number of urea groups is 1. The summed E-state index contributed by atoms with van der Waals surface area (Å²) in [6.45, 7) is 10.6. The lowest BCUT2D eigenvalue weighted by Gasteiger charge is -2.28. The maximum Gasteiger partial charge on any atom is 0.314 e. The van der Waals surface area contributed by atoms with Gasteiger partial charge in [0.25, 0.3) is 5.91 Å². The zero-order valence-corrected chi connectivity index (χ0v) is 23.3. The van der Waals surface area contributed by atoms with E-state index >= 15 is 0 Å². The van der Waals surface area contributed by atoms with Crippen molar-refractivity contribution in [2.75, 3.05) is 44.8 Å². The van der Waals surface area contributed by atoms with E-state index in [1.54, 1.807) is 19.3 Å². The molecule has 3 heterocycles. The quantitative estimate of drug-likeness (QED) is 0.448. The van der Waals surface area contributed by atoms with Gasteiger partial charge in [-0.1, -0.05) is 45.0 Å². The number of ether oxygens (including phenoxy) is 1. The maximum atomic E-state index is 13.2. The molecule has 4 rings (SSSR count). The molecule has 9 nitrogen and oxygen atoms in total. The first-order valence-corrected chi connectivity index (χ1v) is 13.8. The zero-order valence-electron chi connectivity index (χ0n) is 22.5. The largest absolute Gasteiger partial charge is 0.378 e. The summed E-state index contributed by atoms with van der Waals surface area (Å²) in [5, 5.41) is 7.41. The number of carbonyl (C=O) groups is 2. The van der Waals surface area contributed by atoms with Gasteiger partial charge >= 0.3 is 6.03 Å². The Balaban J connectivity index is 1.63. The van der Waals surface area contributed by atoms with Gasteiger partial charge in [-0.05, 0) is 35.1 Å². The molecule has 1 saturated heterocycles. The molecule has 0 atom stereocenters. The van der Waals surface area contributed by atoms with Crippen molar-refractivity contribution in [1.29, 1.82) is 0 Å². The summed E-state index contributed by atoms with van der Waals surface area (Å²) in [4.78, 5) is 36.4. The Morgan fingerprint density at radius 1 is 1.13 bits per heavy atom. The van der Waals surface area contributed by atoms with E-state index in [4.69, 9.17) is 4.74 Å². The highest BCUT2D eigenvalue weighted by Gasteiger charge is 2.17. The van der Waals surface area contributed by atoms with Crippen LogP contribution in [0.25, 0.3) is 11.3 Å². The summed E-state index contributed by atoms with van der Waals surface area (Å²) in [6.07, 6.45) is 2.34. The minimum absolute atomic E-state index is 0.0599. The standard InChI is InChI=1S/C28H36N6O3S/c1-28(2,3)21-8-6-20(7-9-21)24-19-38-27(34(24)13-5-11-31-26(36)29-4)32-25(35)23-18-22(10-12-30-23)33-14-16-37-17-15-33/h6-10,12,18-19H,5,11,13-17H2,1-4H3,(H2,29,31,36). The van der Waals surface area contributed by atoms with Crippen LogP contribution in [0, 0.1) is 0 Å². The fourth-order valence-corrected chi connectivity index (χ4v) is 5.17. The Labute approximate surface area is 227 Å². The van der Waals surface area contributed by atoms with Crippen molar-refractivity contribution >= 4 is 29.0 Å². The number of amides is 3. The number of benzene rings is 1. The smallest absolute Gasteiger partial charge is 0.314 e. The molecular weight excluding hydrogens is 500 g/mol. The molecule has 2 aromatic heterocycles. The van der Waals surface area contributed by atoms with Gasteiger partial charge in [0.15, 0.2) is 4.80 Å². The molecule has 1 aromatic carbocycles. The second-order valence-corrected chi connectivity index (χ2v) is 11.0. The van der Waals surface area contributed by atoms with Crippen LogP contribution in [0.15, 0.2) is 53.0 Å². The van der Waals surface area contributed by atoms with Crippen molar-refractivity contribution in [1.82, 2.24) is 20.2 Å². The van der Waals surface area contributed by atoms with Crippen molar-refractivity contribution in [2.45, 2.75) is 39.2 Å². The second-order valence-electron chi connectivity index (χ2n) is 10.2. The van der Waals surface area contributed by atoms with Gasteiger partial charge in [0.2, 0.25) is 0 Å². The molecule has 3 amide bonds. The first-order valence-electron chi connectivity index (χ1n) is 12.9. The van der Waals surface area contributed by atoms with Crippen molar-refractivity contribution in [3.63, 3.8) is 0 Å². The van der Waals surface area contributed by atoms with E-state index in [0.29, 0.717) is 43.2 Å². The highest BCUT2D eigenvalue weighted by molar-refractivity contribution is 7.07. The number of carbonyl (C=O) groups excluding carboxylic acids is 2. The SMILES string of the molecule is CNC(=O)NCCCn1c(-c2ccc(C(C)(C)C)cc2)csc1=NC(=O)c1cc(N2CCOCC2)ccn1. The second kappa shape index (κ2) is 12.4. The fourth-order valence-electron chi connectivity index (χ4n) is 4.23. The first kappa shape index (κ1) is 27.5. The van der Waals surface area contributed by atoms with E-state index < -0.39 is 0 Å². The molecule has 0 aliphatic carbocycles. The number of morpholine rings is 1. The summed E-state index contributed by atoms with van der Waals surface area (Å²) in [5.41, 5.74) is 4.60. The molecule has 1 aliphatic rings. The molecule has 2 N–H and O–H groups in total. The summed E-state index contributed by atoms with van der Waals surface area (Å²) in [7, 11) is 1.59. The minimum atomic E-state index is -0.381. The fraction of sp³-hybridized carbons (Fsp3) is 0.429. The average Bonchev–Trinajstić information content (AvgIpc) is 3.33. The van der Waals surface area contributed by atoms with Gasteiger partial charge in [0.1, 0.15) is 5.69 Å². The monoisotopic (exact) mass is 536 g/mol. The van der Waals surface area contributed by atoms with Crippen molar-refractivity contribution in [2.24, 2.45) is 4.99 Å². The third kappa shape index (κ3) is 6.87. The lowest BCUT2D eigenvalue weighted by molar-refractivity contribution is 0.0993. The molecule has 38 heavy (non-hydrogen) atoms. The maximum absolute atomic E-state index is 13.2. The number of nitrogens with one attached hydrogen (secondary N) is 2. The van der Waals surface area contributed by atoms with Crippen molar-refractivity contribution in [3.05, 3.63) is 64.0 Å². The van der Waals surface area contributed by atoms with Crippen LogP contribution in [0.4, 0.5) is 10.5 Å². The molecule has 0 bridgehead atoms. The van der Waals surface area contributed by atoms with Gasteiger partial charge in [-0.3, -0.25) is 9.78 Å².